The molecule has 2 rings (SSSR count). The smallest absolute Gasteiger partial charge is 0.191 e. The van der Waals surface area contributed by atoms with Gasteiger partial charge in [-0.3, -0.25) is 4.99 Å². The first kappa shape index (κ1) is 23.6. The van der Waals surface area contributed by atoms with Crippen molar-refractivity contribution in [2.75, 3.05) is 25.4 Å². The average molecular weight is 523 g/mol. The number of nitrogens with zero attached hydrogens (tertiary/aromatic N) is 2. The fourth-order valence-corrected chi connectivity index (χ4v) is 3.50. The Morgan fingerprint density at radius 3 is 2.52 bits per heavy atom. The molecule has 0 amide bonds. The van der Waals surface area contributed by atoms with Gasteiger partial charge in [0.05, 0.1) is 17.2 Å². The van der Waals surface area contributed by atoms with Crippen molar-refractivity contribution in [2.24, 2.45) is 4.99 Å². The minimum atomic E-state index is -3.32. The summed E-state index contributed by atoms with van der Waals surface area (Å²) in [6.07, 6.45) is 2.50. The predicted octanol–water partition coefficient (Wildman–Crippen LogP) is 2.92. The molecule has 0 aliphatic carbocycles. The lowest BCUT2D eigenvalue weighted by atomic mass is 10.2. The van der Waals surface area contributed by atoms with E-state index in [2.05, 4.69) is 20.6 Å². The molecule has 0 unspecified atom stereocenters. The Morgan fingerprint density at radius 2 is 1.89 bits per heavy atom. The van der Waals surface area contributed by atoms with Gasteiger partial charge in [0.25, 0.3) is 0 Å². The highest BCUT2D eigenvalue weighted by atomic mass is 127. The summed E-state index contributed by atoms with van der Waals surface area (Å²) in [7, 11) is -3.32. The molecule has 1 aromatic carbocycles. The summed E-state index contributed by atoms with van der Waals surface area (Å²) in [5.41, 5.74) is 1.06. The Balaban J connectivity index is 0.00000364. The average Bonchev–Trinajstić information content (AvgIpc) is 2.64. The van der Waals surface area contributed by atoms with Crippen molar-refractivity contribution in [3.05, 3.63) is 59.4 Å². The molecule has 0 radical (unpaired) electrons. The first-order valence-electron chi connectivity index (χ1n) is 8.41. The maximum Gasteiger partial charge on any atom is 0.191 e. The second kappa shape index (κ2) is 12.1. The third-order valence-corrected chi connectivity index (χ3v) is 5.51. The summed E-state index contributed by atoms with van der Waals surface area (Å²) in [5, 5.41) is 6.77. The normalized spacial score (nSPS) is 11.6. The largest absolute Gasteiger partial charge is 0.357 e. The highest BCUT2D eigenvalue weighted by molar-refractivity contribution is 14.0. The van der Waals surface area contributed by atoms with Gasteiger partial charge in [0.1, 0.15) is 5.15 Å². The van der Waals surface area contributed by atoms with Crippen molar-refractivity contribution in [1.82, 2.24) is 15.6 Å². The van der Waals surface area contributed by atoms with Crippen molar-refractivity contribution >= 4 is 51.4 Å². The number of hydrogen-bond donors (Lipinski definition) is 2. The molecule has 148 valence electrons. The highest BCUT2D eigenvalue weighted by Crippen LogP contribution is 2.09. The van der Waals surface area contributed by atoms with E-state index in [1.165, 1.54) is 0 Å². The lowest BCUT2D eigenvalue weighted by Gasteiger charge is -2.11. The topological polar surface area (TPSA) is 83.5 Å². The number of halogens is 2. The molecule has 6 nitrogen and oxygen atoms in total. The minimum Gasteiger partial charge on any atom is -0.357 e. The maximum absolute atomic E-state index is 12.3. The predicted molar refractivity (Wildman–Crippen MR) is 121 cm³/mol. The van der Waals surface area contributed by atoms with E-state index in [9.17, 15) is 8.42 Å². The van der Waals surface area contributed by atoms with Crippen molar-refractivity contribution in [2.45, 2.75) is 18.2 Å². The molecule has 0 saturated carbocycles. The molecule has 0 atom stereocenters. The molecular formula is C18H24ClIN4O2S. The number of guanidine groups is 1. The summed E-state index contributed by atoms with van der Waals surface area (Å²) in [4.78, 5) is 8.71. The zero-order valence-corrected chi connectivity index (χ0v) is 19.0. The highest BCUT2D eigenvalue weighted by Gasteiger charge is 2.13. The van der Waals surface area contributed by atoms with Crippen LogP contribution in [0.5, 0.6) is 0 Å². The van der Waals surface area contributed by atoms with E-state index in [-0.39, 0.29) is 36.3 Å². The van der Waals surface area contributed by atoms with E-state index >= 15 is 0 Å². The van der Waals surface area contributed by atoms with Gasteiger partial charge in [-0.2, -0.15) is 0 Å². The Bertz CT molecular complexity index is 815. The van der Waals surface area contributed by atoms with Gasteiger partial charge in [-0.05, 0) is 37.1 Å². The lowest BCUT2D eigenvalue weighted by Crippen LogP contribution is -2.38. The Morgan fingerprint density at radius 1 is 1.15 bits per heavy atom. The third-order valence-electron chi connectivity index (χ3n) is 3.57. The zero-order chi connectivity index (χ0) is 18.8. The zero-order valence-electron chi connectivity index (χ0n) is 15.1. The molecule has 2 N–H and O–H groups in total. The molecule has 1 aromatic heterocycles. The summed E-state index contributed by atoms with van der Waals surface area (Å²) in [6.45, 7) is 3.50. The summed E-state index contributed by atoms with van der Waals surface area (Å²) >= 11 is 5.77. The minimum absolute atomic E-state index is 0. The van der Waals surface area contributed by atoms with E-state index in [0.29, 0.717) is 29.1 Å². The number of aromatic nitrogens is 1. The fourth-order valence-electron chi connectivity index (χ4n) is 2.24. The second-order valence-corrected chi connectivity index (χ2v) is 8.05. The van der Waals surface area contributed by atoms with Gasteiger partial charge in [0, 0.05) is 19.3 Å². The van der Waals surface area contributed by atoms with Gasteiger partial charge in [0.15, 0.2) is 15.8 Å². The van der Waals surface area contributed by atoms with Crippen LogP contribution in [0.4, 0.5) is 0 Å². The molecule has 27 heavy (non-hydrogen) atoms. The molecule has 9 heteroatoms. The molecule has 1 heterocycles. The number of sulfone groups is 1. The van der Waals surface area contributed by atoms with Gasteiger partial charge in [-0.25, -0.2) is 13.4 Å². The number of rotatable bonds is 8. The van der Waals surface area contributed by atoms with Crippen LogP contribution in [0.1, 0.15) is 12.5 Å². The summed E-state index contributed by atoms with van der Waals surface area (Å²) < 4.78 is 24.5. The molecule has 0 spiro atoms. The van der Waals surface area contributed by atoms with Crippen molar-refractivity contribution in [3.8, 4) is 0 Å². The third kappa shape index (κ3) is 8.44. The molecule has 0 aliphatic heterocycles. The van der Waals surface area contributed by atoms with E-state index in [1.807, 2.05) is 13.0 Å². The summed E-state index contributed by atoms with van der Waals surface area (Å²) in [5.74, 6) is 0.562. The molecule has 0 aliphatic rings. The van der Waals surface area contributed by atoms with Crippen molar-refractivity contribution < 1.29 is 8.42 Å². The van der Waals surface area contributed by atoms with Crippen LogP contribution in [-0.2, 0) is 16.3 Å². The molecule has 0 fully saturated rings. The standard InChI is InChI=1S/C18H23ClN4O2S.HI/c1-2-20-18(21-11-10-15-8-9-17(19)23-14-15)22-12-13-26(24,25)16-6-4-3-5-7-16;/h3-9,14H,2,10-13H2,1H3,(H2,20,21,22);1H. The number of hydrogen-bond acceptors (Lipinski definition) is 4. The van der Waals surface area contributed by atoms with Crippen LogP contribution in [0.25, 0.3) is 0 Å². The van der Waals surface area contributed by atoms with Crippen LogP contribution in [0.15, 0.2) is 58.5 Å². The molecule has 2 aromatic rings. The maximum atomic E-state index is 12.3. The van der Waals surface area contributed by atoms with E-state index in [0.717, 1.165) is 12.0 Å². The van der Waals surface area contributed by atoms with Gasteiger partial charge < -0.3 is 10.6 Å². The molecule has 0 saturated heterocycles. The fraction of sp³-hybridized carbons (Fsp3) is 0.333. The van der Waals surface area contributed by atoms with E-state index < -0.39 is 9.84 Å². The second-order valence-electron chi connectivity index (χ2n) is 5.56. The van der Waals surface area contributed by atoms with Crippen molar-refractivity contribution in [3.63, 3.8) is 0 Å². The number of benzene rings is 1. The number of pyridine rings is 1. The lowest BCUT2D eigenvalue weighted by molar-refractivity contribution is 0.596. The SMILES string of the molecule is CCNC(=NCCS(=O)(=O)c1ccccc1)NCCc1ccc(Cl)nc1.I. The monoisotopic (exact) mass is 522 g/mol. The Kier molecular flexibility index (Phi) is 10.6. The van der Waals surface area contributed by atoms with E-state index in [1.54, 1.807) is 42.6 Å². The number of nitrogens with one attached hydrogen (secondary N) is 2. The van der Waals surface area contributed by atoms with Crippen molar-refractivity contribution in [1.29, 1.82) is 0 Å². The Hall–Kier alpha value is -1.39. The van der Waals surface area contributed by atoms with Crippen LogP contribution in [-0.4, -0.2) is 44.7 Å². The van der Waals surface area contributed by atoms with E-state index in [4.69, 9.17) is 11.6 Å². The van der Waals surface area contributed by atoms with Gasteiger partial charge in [-0.1, -0.05) is 35.9 Å². The van der Waals surface area contributed by atoms with Crippen LogP contribution in [0, 0.1) is 0 Å². The molecular weight excluding hydrogens is 499 g/mol. The van der Waals surface area contributed by atoms with Gasteiger partial charge in [0.2, 0.25) is 0 Å². The van der Waals surface area contributed by atoms with Gasteiger partial charge >= 0.3 is 0 Å². The van der Waals surface area contributed by atoms with Crippen LogP contribution in [0.3, 0.4) is 0 Å². The van der Waals surface area contributed by atoms with Gasteiger partial charge in [-0.15, -0.1) is 24.0 Å². The van der Waals surface area contributed by atoms with Crippen LogP contribution >= 0.6 is 35.6 Å². The van der Waals surface area contributed by atoms with Crippen LogP contribution in [0.2, 0.25) is 5.15 Å². The Labute approximate surface area is 182 Å². The number of aliphatic imine (C=N–C) groups is 1. The molecule has 0 bridgehead atoms. The van der Waals surface area contributed by atoms with Crippen LogP contribution < -0.4 is 10.6 Å². The summed E-state index contributed by atoms with van der Waals surface area (Å²) in [6, 6.07) is 12.1. The quantitative estimate of drug-likeness (QED) is 0.241. The first-order valence-corrected chi connectivity index (χ1v) is 10.4. The first-order chi connectivity index (χ1) is 12.5.